The number of nitrogens with zero attached hydrogens (tertiary/aromatic N) is 1. The van der Waals surface area contributed by atoms with E-state index in [1.807, 2.05) is 41.8 Å². The summed E-state index contributed by atoms with van der Waals surface area (Å²) in [6.07, 6.45) is 3.86. The molecule has 0 spiro atoms. The van der Waals surface area contributed by atoms with Gasteiger partial charge in [-0.1, -0.05) is 48.0 Å². The van der Waals surface area contributed by atoms with Gasteiger partial charge in [0.25, 0.3) is 0 Å². The first-order valence-electron chi connectivity index (χ1n) is 13.9. The van der Waals surface area contributed by atoms with Crippen molar-refractivity contribution in [2.75, 3.05) is 20.3 Å². The van der Waals surface area contributed by atoms with Gasteiger partial charge in [0, 0.05) is 17.9 Å². The molecule has 0 saturated carbocycles. The second-order valence-corrected chi connectivity index (χ2v) is 12.3. The second-order valence-electron chi connectivity index (χ2n) is 10.9. The molecule has 6 nitrogen and oxygen atoms in total. The molecule has 2 amide bonds. The van der Waals surface area contributed by atoms with Gasteiger partial charge in [-0.2, -0.15) is 0 Å². The lowest BCUT2D eigenvalue weighted by molar-refractivity contribution is -0.140. The molecule has 3 aliphatic rings. The predicted molar refractivity (Wildman–Crippen MR) is 160 cm³/mol. The number of thiophene rings is 1. The molecule has 2 aromatic carbocycles. The summed E-state index contributed by atoms with van der Waals surface area (Å²) in [4.78, 5) is 29.6. The molecular weight excluding hydrogens is 558 g/mol. The highest BCUT2D eigenvalue weighted by Gasteiger charge is 2.56. The zero-order valence-corrected chi connectivity index (χ0v) is 24.4. The van der Waals surface area contributed by atoms with E-state index in [0.717, 1.165) is 32.7 Å². The average Bonchev–Trinajstić information content (AvgIpc) is 3.69. The van der Waals surface area contributed by atoms with Crippen LogP contribution >= 0.6 is 22.9 Å². The molecule has 8 heteroatoms. The number of aromatic hydroxyl groups is 1. The van der Waals surface area contributed by atoms with Crippen LogP contribution in [0.3, 0.4) is 0 Å². The van der Waals surface area contributed by atoms with E-state index >= 15 is 0 Å². The van der Waals surface area contributed by atoms with E-state index < -0.39 is 0 Å². The summed E-state index contributed by atoms with van der Waals surface area (Å²) in [6.45, 7) is 1.18. The Kier molecular flexibility index (Phi) is 8.13. The van der Waals surface area contributed by atoms with E-state index in [-0.39, 0.29) is 41.4 Å². The summed E-state index contributed by atoms with van der Waals surface area (Å²) in [6, 6.07) is 19.0. The summed E-state index contributed by atoms with van der Waals surface area (Å²) in [7, 11) is 1.67. The number of amides is 2. The Bertz CT molecular complexity index is 1500. The van der Waals surface area contributed by atoms with Crippen LogP contribution in [0.4, 0.5) is 0 Å². The quantitative estimate of drug-likeness (QED) is 0.173. The van der Waals surface area contributed by atoms with Crippen LogP contribution in [-0.4, -0.2) is 48.2 Å². The molecule has 6 rings (SSSR count). The first-order valence-corrected chi connectivity index (χ1v) is 15.1. The van der Waals surface area contributed by atoms with Crippen molar-refractivity contribution >= 4 is 46.4 Å². The second kappa shape index (κ2) is 11.9. The highest BCUT2D eigenvalue weighted by molar-refractivity contribution is 7.09. The molecule has 2 saturated heterocycles. The van der Waals surface area contributed by atoms with Crippen molar-refractivity contribution in [1.29, 1.82) is 0 Å². The number of imide groups is 1. The normalized spacial score (nSPS) is 24.2. The average molecular weight is 590 g/mol. The van der Waals surface area contributed by atoms with Crippen molar-refractivity contribution in [1.82, 2.24) is 4.90 Å². The molecule has 0 radical (unpaired) electrons. The number of allylic oxidation sites excluding steroid dienone is 1. The predicted octanol–water partition coefficient (Wildman–Crippen LogP) is 6.59. The molecule has 0 bridgehead atoms. The monoisotopic (exact) mass is 589 g/mol. The fourth-order valence-electron chi connectivity index (χ4n) is 6.62. The Morgan fingerprint density at radius 2 is 1.95 bits per heavy atom. The minimum Gasteiger partial charge on any atom is -0.508 e. The van der Waals surface area contributed by atoms with E-state index in [9.17, 15) is 14.7 Å². The Labute approximate surface area is 248 Å². The number of carbonyl (C=O) groups is 2. The minimum atomic E-state index is -0.386. The molecule has 2 fully saturated rings. The van der Waals surface area contributed by atoms with Gasteiger partial charge in [0.15, 0.2) is 0 Å². The molecule has 0 unspecified atom stereocenters. The number of rotatable bonds is 9. The van der Waals surface area contributed by atoms with E-state index in [1.54, 1.807) is 30.6 Å². The lowest BCUT2D eigenvalue weighted by Crippen LogP contribution is -2.35. The molecule has 212 valence electrons. The van der Waals surface area contributed by atoms with E-state index in [1.165, 1.54) is 4.90 Å². The number of fused-ring (bicyclic) bond motifs is 3. The maximum Gasteiger partial charge on any atom is 0.234 e. The van der Waals surface area contributed by atoms with Gasteiger partial charge in [-0.15, -0.1) is 11.3 Å². The number of halogens is 1. The van der Waals surface area contributed by atoms with Gasteiger partial charge in [0.2, 0.25) is 11.8 Å². The zero-order valence-electron chi connectivity index (χ0n) is 22.8. The lowest BCUT2D eigenvalue weighted by atomic mass is 9.69. The summed E-state index contributed by atoms with van der Waals surface area (Å²) in [5.41, 5.74) is 5.24. The number of likely N-dealkylation sites (tertiary alicyclic amines) is 1. The molecule has 41 heavy (non-hydrogen) atoms. The van der Waals surface area contributed by atoms with Gasteiger partial charge in [-0.05, 0) is 82.8 Å². The summed E-state index contributed by atoms with van der Waals surface area (Å²) in [5.74, 6) is -0.901. The third-order valence-corrected chi connectivity index (χ3v) is 9.63. The Hall–Kier alpha value is -3.23. The highest BCUT2D eigenvalue weighted by atomic mass is 35.5. The van der Waals surface area contributed by atoms with Crippen molar-refractivity contribution in [2.24, 2.45) is 17.8 Å². The van der Waals surface area contributed by atoms with Crippen LogP contribution in [0.15, 0.2) is 77.2 Å². The van der Waals surface area contributed by atoms with E-state index in [4.69, 9.17) is 21.1 Å². The van der Waals surface area contributed by atoms with Crippen LogP contribution in [0.25, 0.3) is 11.6 Å². The maximum atomic E-state index is 13.7. The first-order chi connectivity index (χ1) is 19.9. The fraction of sp³-hybridized carbons (Fsp3) is 0.333. The first kappa shape index (κ1) is 27.9. The molecule has 4 atom stereocenters. The number of hydrogen-bond acceptors (Lipinski definition) is 6. The van der Waals surface area contributed by atoms with Crippen LogP contribution in [0.5, 0.6) is 5.75 Å². The molecule has 3 heterocycles. The fourth-order valence-corrected chi connectivity index (χ4v) is 7.54. The molecular formula is C33H32ClNO5S. The van der Waals surface area contributed by atoms with E-state index in [2.05, 4.69) is 18.2 Å². The van der Waals surface area contributed by atoms with Crippen molar-refractivity contribution in [2.45, 2.75) is 31.9 Å². The highest BCUT2D eigenvalue weighted by Crippen LogP contribution is 2.50. The number of benzene rings is 2. The van der Waals surface area contributed by atoms with Gasteiger partial charge < -0.3 is 14.6 Å². The molecule has 1 aliphatic carbocycles. The van der Waals surface area contributed by atoms with Crippen LogP contribution in [0.2, 0.25) is 5.02 Å². The molecule has 2 aliphatic heterocycles. The summed E-state index contributed by atoms with van der Waals surface area (Å²) in [5, 5.41) is 12.3. The Morgan fingerprint density at radius 3 is 2.68 bits per heavy atom. The molecule has 3 aromatic rings. The van der Waals surface area contributed by atoms with Crippen molar-refractivity contribution in [3.05, 3.63) is 98.2 Å². The van der Waals surface area contributed by atoms with Crippen molar-refractivity contribution < 1.29 is 24.2 Å². The molecule has 1 N–H and O–H groups in total. The standard InChI is InChI=1S/C33H32ClNO5S/c1-39-18-23-15-26-31(33(38)35(32(26)37)17-25-8-5-13-41-25)27-19-40-29(30(23)27)12-10-21(20-6-3-2-4-7-20)14-22-9-11-24(36)16-28(22)34/h2-9,11,13-14,16,26-27,29,31,36H,10,12,15,17-19H2,1H3/b21-14-/t26-,27+,29-,31-/m1/s1. The van der Waals surface area contributed by atoms with Gasteiger partial charge in [0.1, 0.15) is 5.75 Å². The maximum absolute atomic E-state index is 13.7. The van der Waals surface area contributed by atoms with Crippen LogP contribution in [0, 0.1) is 17.8 Å². The van der Waals surface area contributed by atoms with Gasteiger partial charge in [-0.25, -0.2) is 0 Å². The van der Waals surface area contributed by atoms with Gasteiger partial charge in [-0.3, -0.25) is 14.5 Å². The number of ether oxygens (including phenoxy) is 2. The zero-order chi connectivity index (χ0) is 28.5. The Morgan fingerprint density at radius 1 is 1.12 bits per heavy atom. The number of phenols is 1. The topological polar surface area (TPSA) is 76.1 Å². The third-order valence-electron chi connectivity index (χ3n) is 8.45. The summed E-state index contributed by atoms with van der Waals surface area (Å²) >= 11 is 8.01. The minimum absolute atomic E-state index is 0.0791. The van der Waals surface area contributed by atoms with Crippen molar-refractivity contribution in [3.8, 4) is 5.75 Å². The summed E-state index contributed by atoms with van der Waals surface area (Å²) < 4.78 is 12.0. The number of carbonyl (C=O) groups excluding carboxylic acids is 2. The van der Waals surface area contributed by atoms with Gasteiger partial charge >= 0.3 is 0 Å². The smallest absolute Gasteiger partial charge is 0.234 e. The largest absolute Gasteiger partial charge is 0.508 e. The lowest BCUT2D eigenvalue weighted by Gasteiger charge is -2.31. The SMILES string of the molecule is COCC1=C2[C@@H](CC/C(=C/c3ccc(O)cc3Cl)c3ccccc3)OC[C@@H]2[C@@H]2C(=O)N(Cc3cccs3)C(=O)[C@@H]2C1. The van der Waals surface area contributed by atoms with Crippen LogP contribution in [-0.2, 0) is 25.6 Å². The van der Waals surface area contributed by atoms with Crippen LogP contribution in [0.1, 0.15) is 35.3 Å². The molecule has 1 aromatic heterocycles. The number of hydrogen-bond donors (Lipinski definition) is 1. The third kappa shape index (κ3) is 5.52. The van der Waals surface area contributed by atoms with Crippen molar-refractivity contribution in [3.63, 3.8) is 0 Å². The number of methoxy groups -OCH3 is 1. The Balaban J connectivity index is 1.27. The van der Waals surface area contributed by atoms with Gasteiger partial charge in [0.05, 0.1) is 42.7 Å². The van der Waals surface area contributed by atoms with Crippen LogP contribution < -0.4 is 0 Å². The number of phenolic OH excluding ortho intramolecular Hbond substituents is 1. The van der Waals surface area contributed by atoms with E-state index in [0.29, 0.717) is 44.0 Å².